The van der Waals surface area contributed by atoms with Crippen molar-refractivity contribution in [2.45, 2.75) is 37.9 Å². The van der Waals surface area contributed by atoms with Crippen molar-refractivity contribution in [2.24, 2.45) is 5.73 Å². The summed E-state index contributed by atoms with van der Waals surface area (Å²) in [4.78, 5) is 2.21. The monoisotopic (exact) mass is 264 g/mol. The van der Waals surface area contributed by atoms with Gasteiger partial charge in [-0.15, -0.1) is 0 Å². The van der Waals surface area contributed by atoms with Gasteiger partial charge in [-0.3, -0.25) is 0 Å². The Balaban J connectivity index is 4.11. The maximum absolute atomic E-state index is 6.12. The van der Waals surface area contributed by atoms with Gasteiger partial charge < -0.3 is 23.9 Å². The summed E-state index contributed by atoms with van der Waals surface area (Å²) in [5.41, 5.74) is 5.96. The Morgan fingerprint density at radius 1 is 1.06 bits per heavy atom. The average Bonchev–Trinajstić information content (AvgIpc) is 2.31. The maximum atomic E-state index is 6.12. The van der Waals surface area contributed by atoms with Crippen molar-refractivity contribution in [3.8, 4) is 0 Å². The summed E-state index contributed by atoms with van der Waals surface area (Å²) < 4.78 is 16.1. The van der Waals surface area contributed by atoms with Crippen LogP contribution in [0.4, 0.5) is 0 Å². The van der Waals surface area contributed by atoms with E-state index in [9.17, 15) is 0 Å². The van der Waals surface area contributed by atoms with E-state index in [-0.39, 0.29) is 5.67 Å². The van der Waals surface area contributed by atoms with Gasteiger partial charge >= 0.3 is 8.80 Å². The summed E-state index contributed by atoms with van der Waals surface area (Å²) >= 11 is 0. The summed E-state index contributed by atoms with van der Waals surface area (Å²) in [6.07, 6.45) is 3.02. The first-order valence-electron chi connectivity index (χ1n) is 6.01. The predicted molar refractivity (Wildman–Crippen MR) is 71.8 cm³/mol. The normalized spacial score (nSPS) is 16.2. The van der Waals surface area contributed by atoms with Crippen molar-refractivity contribution in [2.75, 3.05) is 35.4 Å². The third-order valence-corrected chi connectivity index (χ3v) is 6.23. The number of rotatable bonds is 9. The maximum Gasteiger partial charge on any atom is 0.517 e. The molecule has 2 atom stereocenters. The van der Waals surface area contributed by atoms with Gasteiger partial charge in [-0.25, -0.2) is 0 Å². The van der Waals surface area contributed by atoms with Gasteiger partial charge in [0, 0.05) is 27.4 Å². The van der Waals surface area contributed by atoms with E-state index in [2.05, 4.69) is 25.9 Å². The number of nitrogens with two attached hydrogens (primary N) is 1. The Labute approximate surface area is 107 Å². The fourth-order valence-electron chi connectivity index (χ4n) is 1.77. The zero-order valence-electron chi connectivity index (χ0n) is 12.0. The molecule has 104 valence electrons. The Hall–Kier alpha value is 0.0169. The lowest BCUT2D eigenvalue weighted by Crippen LogP contribution is -2.58. The van der Waals surface area contributed by atoms with E-state index in [0.29, 0.717) is 6.04 Å². The lowest BCUT2D eigenvalue weighted by Gasteiger charge is -2.30. The van der Waals surface area contributed by atoms with Crippen LogP contribution in [0.15, 0.2) is 0 Å². The summed E-state index contributed by atoms with van der Waals surface area (Å²) in [5, 5.41) is 0. The van der Waals surface area contributed by atoms with E-state index in [0.717, 1.165) is 19.3 Å². The van der Waals surface area contributed by atoms with Crippen molar-refractivity contribution >= 4 is 8.80 Å². The topological polar surface area (TPSA) is 57.0 Å². The van der Waals surface area contributed by atoms with Gasteiger partial charge in [-0.2, -0.15) is 0 Å². The van der Waals surface area contributed by atoms with Crippen molar-refractivity contribution in [1.82, 2.24) is 4.90 Å². The summed E-state index contributed by atoms with van der Waals surface area (Å²) in [5.74, 6) is 0. The van der Waals surface area contributed by atoms with Gasteiger partial charge in [0.15, 0.2) is 0 Å². The van der Waals surface area contributed by atoms with Gasteiger partial charge in [0.25, 0.3) is 0 Å². The van der Waals surface area contributed by atoms with Crippen LogP contribution in [-0.4, -0.2) is 60.8 Å². The highest BCUT2D eigenvalue weighted by atomic mass is 28.4. The first-order valence-corrected chi connectivity index (χ1v) is 7.81. The van der Waals surface area contributed by atoms with Crippen molar-refractivity contribution < 1.29 is 13.3 Å². The fourth-order valence-corrected chi connectivity index (χ4v) is 3.74. The van der Waals surface area contributed by atoms with Crippen LogP contribution in [0.5, 0.6) is 0 Å². The van der Waals surface area contributed by atoms with Crippen molar-refractivity contribution in [3.63, 3.8) is 0 Å². The molecule has 0 spiro atoms. The Kier molecular flexibility index (Phi) is 8.19. The molecule has 0 aromatic heterocycles. The van der Waals surface area contributed by atoms with Crippen LogP contribution >= 0.6 is 0 Å². The highest BCUT2D eigenvalue weighted by Gasteiger charge is 2.44. The van der Waals surface area contributed by atoms with Crippen LogP contribution in [0.3, 0.4) is 0 Å². The molecule has 0 aromatic rings. The first kappa shape index (κ1) is 17.0. The fraction of sp³-hybridized carbons (Fsp3) is 1.00. The van der Waals surface area contributed by atoms with E-state index in [1.165, 1.54) is 0 Å². The number of nitrogens with zero attached hydrogens (tertiary/aromatic N) is 1. The molecule has 0 amide bonds. The molecular weight excluding hydrogens is 236 g/mol. The van der Waals surface area contributed by atoms with E-state index in [4.69, 9.17) is 19.0 Å². The quantitative estimate of drug-likeness (QED) is 0.626. The second kappa shape index (κ2) is 8.18. The second-order valence-corrected chi connectivity index (χ2v) is 7.74. The Bertz CT molecular complexity index is 193. The molecule has 0 radical (unpaired) electrons. The smallest absolute Gasteiger partial charge is 0.376 e. The molecular formula is C11H28N2O3Si. The van der Waals surface area contributed by atoms with Crippen LogP contribution < -0.4 is 5.73 Å². The lowest BCUT2D eigenvalue weighted by atomic mass is 10.1. The molecule has 0 heterocycles. The zero-order valence-corrected chi connectivity index (χ0v) is 13.0. The molecule has 0 rings (SSSR count). The molecule has 2 N–H and O–H groups in total. The SMILES string of the molecule is CO[Si](OC)(OC)C(N)CCCC(C)N(C)C. The number of hydrogen-bond acceptors (Lipinski definition) is 5. The van der Waals surface area contributed by atoms with Crippen molar-refractivity contribution in [1.29, 1.82) is 0 Å². The molecule has 0 bridgehead atoms. The van der Waals surface area contributed by atoms with Crippen LogP contribution in [-0.2, 0) is 13.3 Å². The largest absolute Gasteiger partial charge is 0.517 e. The highest BCUT2D eigenvalue weighted by molar-refractivity contribution is 6.62. The number of hydrogen-bond donors (Lipinski definition) is 1. The van der Waals surface area contributed by atoms with Gasteiger partial charge in [0.2, 0.25) is 0 Å². The lowest BCUT2D eigenvalue weighted by molar-refractivity contribution is 0.111. The Morgan fingerprint density at radius 2 is 1.53 bits per heavy atom. The molecule has 6 heteroatoms. The Morgan fingerprint density at radius 3 is 1.88 bits per heavy atom. The van der Waals surface area contributed by atoms with Crippen LogP contribution in [0.1, 0.15) is 26.2 Å². The summed E-state index contributed by atoms with van der Waals surface area (Å²) in [6.45, 7) is 2.21. The molecule has 2 unspecified atom stereocenters. The minimum atomic E-state index is -2.66. The van der Waals surface area contributed by atoms with Crippen LogP contribution in [0, 0.1) is 0 Å². The summed E-state index contributed by atoms with van der Waals surface area (Å²) in [7, 11) is 6.31. The molecule has 0 aliphatic carbocycles. The predicted octanol–water partition coefficient (Wildman–Crippen LogP) is 0.851. The molecule has 0 aliphatic heterocycles. The third-order valence-electron chi connectivity index (χ3n) is 3.33. The second-order valence-electron chi connectivity index (χ2n) is 4.57. The van der Waals surface area contributed by atoms with E-state index in [1.807, 2.05) is 0 Å². The van der Waals surface area contributed by atoms with Gasteiger partial charge in [0.1, 0.15) is 0 Å². The standard InChI is InChI=1S/C11H28N2O3Si/c1-10(13(2)3)8-7-9-11(12)17(14-4,15-5)16-6/h10-11H,7-9,12H2,1-6H3. The molecule has 0 aliphatic rings. The molecule has 0 saturated carbocycles. The zero-order chi connectivity index (χ0) is 13.5. The summed E-state index contributed by atoms with van der Waals surface area (Å²) in [6, 6.07) is 0.561. The molecule has 0 saturated heterocycles. The molecule has 5 nitrogen and oxygen atoms in total. The molecule has 17 heavy (non-hydrogen) atoms. The van der Waals surface area contributed by atoms with Crippen molar-refractivity contribution in [3.05, 3.63) is 0 Å². The molecule has 0 fully saturated rings. The van der Waals surface area contributed by atoms with Gasteiger partial charge in [-0.1, -0.05) is 6.42 Å². The minimum absolute atomic E-state index is 0.156. The molecule has 0 aromatic carbocycles. The van der Waals surface area contributed by atoms with Crippen LogP contribution in [0.2, 0.25) is 0 Å². The third kappa shape index (κ3) is 5.03. The minimum Gasteiger partial charge on any atom is -0.376 e. The van der Waals surface area contributed by atoms with Gasteiger partial charge in [0.05, 0.1) is 5.67 Å². The van der Waals surface area contributed by atoms with E-state index >= 15 is 0 Å². The highest BCUT2D eigenvalue weighted by Crippen LogP contribution is 2.16. The van der Waals surface area contributed by atoms with Crippen LogP contribution in [0.25, 0.3) is 0 Å². The van der Waals surface area contributed by atoms with Gasteiger partial charge in [-0.05, 0) is 33.9 Å². The first-order chi connectivity index (χ1) is 7.93. The average molecular weight is 264 g/mol. The van der Waals surface area contributed by atoms with E-state index < -0.39 is 8.80 Å². The van der Waals surface area contributed by atoms with E-state index in [1.54, 1.807) is 21.3 Å².